The van der Waals surface area contributed by atoms with Gasteiger partial charge in [-0.05, 0) is 69.5 Å². The fraction of sp³-hybridized carbons (Fsp3) is 0.154. The van der Waals surface area contributed by atoms with Crippen molar-refractivity contribution in [2.75, 3.05) is 0 Å². The van der Waals surface area contributed by atoms with Gasteiger partial charge in [-0.3, -0.25) is 4.57 Å². The van der Waals surface area contributed by atoms with E-state index < -0.39 is 0 Å². The minimum Gasteiger partial charge on any atom is -0.455 e. The quantitative estimate of drug-likeness (QED) is 0.208. The van der Waals surface area contributed by atoms with Crippen molar-refractivity contribution in [1.29, 1.82) is 0 Å². The molecule has 0 radical (unpaired) electrons. The lowest BCUT2D eigenvalue weighted by atomic mass is 9.88. The van der Waals surface area contributed by atoms with Crippen LogP contribution in [0.5, 0.6) is 0 Å². The minimum absolute atomic E-state index is 0.318. The first kappa shape index (κ1) is 26.0. The molecule has 0 atom stereocenters. The van der Waals surface area contributed by atoms with Crippen molar-refractivity contribution < 1.29 is 4.42 Å². The van der Waals surface area contributed by atoms with E-state index in [1.165, 1.54) is 39.1 Å². The summed E-state index contributed by atoms with van der Waals surface area (Å²) in [6.45, 7) is 9.12. The van der Waals surface area contributed by atoms with Gasteiger partial charge in [0.1, 0.15) is 17.0 Å². The Balaban J connectivity index is 1.39. The summed E-state index contributed by atoms with van der Waals surface area (Å²) in [5.41, 5.74) is 11.5. The molecule has 0 fully saturated rings. The van der Waals surface area contributed by atoms with Crippen molar-refractivity contribution >= 4 is 21.9 Å². The zero-order chi connectivity index (χ0) is 28.8. The average molecular weight is 547 g/mol. The highest BCUT2D eigenvalue weighted by molar-refractivity contribution is 6.09. The fourth-order valence-electron chi connectivity index (χ4n) is 6.10. The van der Waals surface area contributed by atoms with Gasteiger partial charge in [0.2, 0.25) is 0 Å². The number of aromatic nitrogens is 2. The van der Waals surface area contributed by atoms with Crippen molar-refractivity contribution in [2.45, 2.75) is 39.5 Å². The van der Waals surface area contributed by atoms with Crippen molar-refractivity contribution in [3.8, 4) is 39.3 Å². The third kappa shape index (κ3) is 4.42. The lowest BCUT2D eigenvalue weighted by Gasteiger charge is -2.24. The Morgan fingerprint density at radius 2 is 1.19 bits per heavy atom. The maximum Gasteiger partial charge on any atom is 0.148 e. The monoisotopic (exact) mass is 546 g/mol. The first-order valence-corrected chi connectivity index (χ1v) is 14.8. The van der Waals surface area contributed by atoms with Gasteiger partial charge in [-0.15, -0.1) is 0 Å². The lowest BCUT2D eigenvalue weighted by molar-refractivity contribution is 0.669. The molecule has 0 unspecified atom stereocenters. The molecule has 2 aromatic heterocycles. The molecule has 0 spiro atoms. The molecule has 7 rings (SSSR count). The van der Waals surface area contributed by atoms with Gasteiger partial charge in [0.05, 0.1) is 11.3 Å². The Morgan fingerprint density at radius 1 is 0.595 bits per heavy atom. The summed E-state index contributed by atoms with van der Waals surface area (Å²) in [6.07, 6.45) is 4.00. The smallest absolute Gasteiger partial charge is 0.148 e. The Hall–Kier alpha value is -4.89. The van der Waals surface area contributed by atoms with Gasteiger partial charge >= 0.3 is 0 Å². The molecule has 3 nitrogen and oxygen atoms in total. The third-order valence-electron chi connectivity index (χ3n) is 8.27. The van der Waals surface area contributed by atoms with E-state index in [9.17, 15) is 0 Å². The number of nitrogens with zero attached hydrogens (tertiary/aromatic N) is 2. The number of hydrogen-bond donors (Lipinski definition) is 0. The van der Waals surface area contributed by atoms with E-state index >= 15 is 0 Å². The Morgan fingerprint density at radius 3 is 1.88 bits per heavy atom. The van der Waals surface area contributed by atoms with E-state index in [2.05, 4.69) is 136 Å². The number of rotatable bonds is 6. The fourth-order valence-corrected chi connectivity index (χ4v) is 6.10. The summed E-state index contributed by atoms with van der Waals surface area (Å²) in [5, 5.41) is 2.24. The molecule has 0 aliphatic carbocycles. The largest absolute Gasteiger partial charge is 0.455 e. The molecule has 206 valence electrons. The maximum absolute atomic E-state index is 6.42. The van der Waals surface area contributed by atoms with Crippen LogP contribution in [-0.4, -0.2) is 9.55 Å². The van der Waals surface area contributed by atoms with Crippen LogP contribution in [0.25, 0.3) is 61.3 Å². The molecule has 5 aromatic carbocycles. The van der Waals surface area contributed by atoms with E-state index in [0.29, 0.717) is 11.8 Å². The molecule has 0 amide bonds. The summed E-state index contributed by atoms with van der Waals surface area (Å²) < 4.78 is 8.69. The molecule has 3 heteroatoms. The summed E-state index contributed by atoms with van der Waals surface area (Å²) in [4.78, 5) is 4.91. The van der Waals surface area contributed by atoms with Gasteiger partial charge in [0.25, 0.3) is 0 Å². The molecule has 0 saturated heterocycles. The highest BCUT2D eigenvalue weighted by Gasteiger charge is 2.22. The van der Waals surface area contributed by atoms with Crippen LogP contribution in [0.2, 0.25) is 0 Å². The second-order valence-corrected chi connectivity index (χ2v) is 11.7. The van der Waals surface area contributed by atoms with Gasteiger partial charge < -0.3 is 4.42 Å². The molecule has 0 aliphatic rings. The first-order chi connectivity index (χ1) is 20.5. The number of para-hydroxylation sites is 2. The van der Waals surface area contributed by atoms with E-state index in [-0.39, 0.29) is 0 Å². The van der Waals surface area contributed by atoms with Crippen molar-refractivity contribution in [1.82, 2.24) is 9.55 Å². The van der Waals surface area contributed by atoms with Crippen LogP contribution < -0.4 is 0 Å². The highest BCUT2D eigenvalue weighted by atomic mass is 16.3. The molecule has 7 aromatic rings. The molecular formula is C39H34N2O. The second-order valence-electron chi connectivity index (χ2n) is 11.7. The normalized spacial score (nSPS) is 11.8. The van der Waals surface area contributed by atoms with Crippen LogP contribution in [-0.2, 0) is 0 Å². The van der Waals surface area contributed by atoms with Crippen LogP contribution in [0.3, 0.4) is 0 Å². The second kappa shape index (κ2) is 10.5. The number of fused-ring (bicyclic) bond motifs is 3. The van der Waals surface area contributed by atoms with Crippen molar-refractivity contribution in [2.24, 2.45) is 0 Å². The van der Waals surface area contributed by atoms with Gasteiger partial charge in [0, 0.05) is 23.2 Å². The molecule has 2 heterocycles. The SMILES string of the molecule is CC(C)c1cc(-c2ccc(-c3ccccc3)cc2)cc(C(C)C)c1-n1ccnc1-c1cccc2c1oc1ccccc12. The van der Waals surface area contributed by atoms with Crippen LogP contribution >= 0.6 is 0 Å². The standard InChI is InChI=1S/C39H34N2O/c1-25(2)34-23-30(29-19-17-28(18-20-29)27-11-6-5-7-12-27)24-35(26(3)4)37(34)41-22-21-40-39(41)33-15-10-14-32-31-13-8-9-16-36(31)42-38(32)33/h5-26H,1-4H3. The van der Waals surface area contributed by atoms with Crippen LogP contribution in [0.15, 0.2) is 126 Å². The first-order valence-electron chi connectivity index (χ1n) is 14.8. The summed E-state index contributed by atoms with van der Waals surface area (Å²) >= 11 is 0. The van der Waals surface area contributed by atoms with E-state index in [1.54, 1.807) is 0 Å². The summed E-state index contributed by atoms with van der Waals surface area (Å²) in [7, 11) is 0. The van der Waals surface area contributed by atoms with E-state index in [1.807, 2.05) is 18.3 Å². The number of imidazole rings is 1. The van der Waals surface area contributed by atoms with E-state index in [0.717, 1.165) is 33.3 Å². The van der Waals surface area contributed by atoms with Gasteiger partial charge in [-0.25, -0.2) is 4.98 Å². The van der Waals surface area contributed by atoms with Crippen molar-refractivity contribution in [3.05, 3.63) is 133 Å². The summed E-state index contributed by atoms with van der Waals surface area (Å²) in [6, 6.07) is 38.8. The minimum atomic E-state index is 0.318. The highest BCUT2D eigenvalue weighted by Crippen LogP contribution is 2.40. The number of hydrogen-bond acceptors (Lipinski definition) is 2. The Labute approximate surface area is 247 Å². The van der Waals surface area contributed by atoms with Crippen LogP contribution in [0, 0.1) is 0 Å². The van der Waals surface area contributed by atoms with Crippen molar-refractivity contribution in [3.63, 3.8) is 0 Å². The van der Waals surface area contributed by atoms with Crippen LogP contribution in [0.4, 0.5) is 0 Å². The molecular weight excluding hydrogens is 512 g/mol. The predicted octanol–water partition coefficient (Wildman–Crippen LogP) is 11.0. The Kier molecular flexibility index (Phi) is 6.51. The molecule has 42 heavy (non-hydrogen) atoms. The number of furan rings is 1. The summed E-state index contributed by atoms with van der Waals surface area (Å²) in [5.74, 6) is 1.53. The lowest BCUT2D eigenvalue weighted by Crippen LogP contribution is -2.08. The zero-order valence-corrected chi connectivity index (χ0v) is 24.5. The average Bonchev–Trinajstić information content (AvgIpc) is 3.66. The van der Waals surface area contributed by atoms with Crippen LogP contribution in [0.1, 0.15) is 50.7 Å². The molecule has 0 bridgehead atoms. The molecule has 0 saturated carbocycles. The maximum atomic E-state index is 6.42. The topological polar surface area (TPSA) is 31.0 Å². The van der Waals surface area contributed by atoms with Gasteiger partial charge in [0.15, 0.2) is 0 Å². The van der Waals surface area contributed by atoms with E-state index in [4.69, 9.17) is 9.40 Å². The Bertz CT molecular complexity index is 2000. The predicted molar refractivity (Wildman–Crippen MR) is 175 cm³/mol. The zero-order valence-electron chi connectivity index (χ0n) is 24.5. The molecule has 0 aliphatic heterocycles. The third-order valence-corrected chi connectivity index (χ3v) is 8.27. The molecule has 0 N–H and O–H groups in total. The van der Waals surface area contributed by atoms with Gasteiger partial charge in [-0.1, -0.05) is 113 Å². The number of benzene rings is 5. The van der Waals surface area contributed by atoms with Gasteiger partial charge in [-0.2, -0.15) is 0 Å².